The molecule has 2 saturated carbocycles. The van der Waals surface area contributed by atoms with E-state index in [-0.39, 0.29) is 127 Å². The molecule has 24 rings (SSSR count). The highest BCUT2D eigenvalue weighted by molar-refractivity contribution is 8.00. The quantitative estimate of drug-likeness (QED) is 0.0248. The first-order valence-corrected chi connectivity index (χ1v) is 54.8. The van der Waals surface area contributed by atoms with E-state index in [0.29, 0.717) is 162 Å². The van der Waals surface area contributed by atoms with Gasteiger partial charge in [0.05, 0.1) is 69.7 Å². The standard InChI is InChI=1S/C22H22FN3O4S.C21H25FN2O4S.C20H23FN2O4S.C19H20FN3O4S.C18H21FN2O5S/c23-15-11-17-21(12-16(15)25-7-9-31-10-8-25)29-13-18-20(30-22(28)26(17)18)2-1-19(27)14-3-5-24-6-4-14;22-14-10-16-20(11-15(14)23-6-8-29-9-7-23)27-12-17-19(28-21(26)24(16)17)5-4-18(25)13-2-1-3-13;21-13-9-15-19(10-14(13)22-5-7-28-8-6-22)26-11-16-18(27-20(25)23(15)16)4-3-17(24)12-1-2-12;20-13-9-15-18(10-14(13)22-4-7-28-8-5-22)25-11-16-17(27-19(24)23(15)16)2-1-12-3-6-26-21-12;1-24-17(22)3-2-15-14-10-25-16-9-12(20-4-6-27-7-5-20)11(19)8-13(16)21(14)18(23)26-15/h3-6,11-12,18,20H,1-2,7-10,13H2;10-11,13,17,19H,1-9,12H2;9-10,12,16,18H,1-8,11H2;3,6,9-10,16-17H,1-2,4-5,7-8,11H2;8-9,14-15H,2-7,10H2,1H3/t18-,20-;17-,19-;16-,18-;16-,17-;14-,15-/m00000/s1. The summed E-state index contributed by atoms with van der Waals surface area (Å²) in [5, 5.41) is 3.89. The summed E-state index contributed by atoms with van der Waals surface area (Å²) in [6.45, 7) is 9.32. The number of pyridine rings is 1. The molecular formula is C100H111F5N12O21S5. The molecule has 10 saturated heterocycles. The number of thioether (sulfide) groups is 5. The highest BCUT2D eigenvalue weighted by atomic mass is 32.2. The first-order valence-electron chi connectivity index (χ1n) is 49.0. The van der Waals surface area contributed by atoms with Crippen molar-refractivity contribution in [1.82, 2.24) is 10.1 Å². The van der Waals surface area contributed by atoms with Crippen molar-refractivity contribution < 1.29 is 122 Å². The highest BCUT2D eigenvalue weighted by Crippen LogP contribution is 2.51. The minimum absolute atomic E-state index is 0.0376. The number of ketones is 3. The average Bonchev–Trinajstić information content (AvgIpc) is 1.66. The number of ether oxygens (including phenoxy) is 11. The van der Waals surface area contributed by atoms with Crippen molar-refractivity contribution in [2.45, 2.75) is 157 Å². The number of aryl methyl sites for hydroxylation is 1. The summed E-state index contributed by atoms with van der Waals surface area (Å²) in [5.74, 6) is 10.9. The minimum Gasteiger partial charge on any atom is -0.489 e. The van der Waals surface area contributed by atoms with Crippen LogP contribution in [0.25, 0.3) is 0 Å². The van der Waals surface area contributed by atoms with Crippen LogP contribution >= 0.6 is 58.8 Å². The van der Waals surface area contributed by atoms with Crippen molar-refractivity contribution in [3.8, 4) is 28.7 Å². The van der Waals surface area contributed by atoms with Crippen LogP contribution in [0.3, 0.4) is 0 Å². The van der Waals surface area contributed by atoms with Gasteiger partial charge < -0.3 is 81.1 Å². The van der Waals surface area contributed by atoms with Crippen molar-refractivity contribution in [1.29, 1.82) is 0 Å². The molecule has 2 aromatic heterocycles. The number of hydrogen-bond donors (Lipinski definition) is 0. The molecule has 0 radical (unpaired) electrons. The predicted molar refractivity (Wildman–Crippen MR) is 532 cm³/mol. The van der Waals surface area contributed by atoms with Crippen LogP contribution in [0.15, 0.2) is 102 Å². The number of hydrogen-bond acceptors (Lipinski definition) is 33. The minimum atomic E-state index is -0.541. The van der Waals surface area contributed by atoms with Gasteiger partial charge in [-0.25, -0.2) is 45.9 Å². The lowest BCUT2D eigenvalue weighted by atomic mass is 9.80. The van der Waals surface area contributed by atoms with Crippen molar-refractivity contribution in [3.63, 3.8) is 0 Å². The van der Waals surface area contributed by atoms with E-state index in [0.717, 1.165) is 161 Å². The first-order chi connectivity index (χ1) is 69.6. The van der Waals surface area contributed by atoms with E-state index in [1.165, 1.54) is 68.2 Å². The number of anilines is 10. The molecule has 143 heavy (non-hydrogen) atoms. The predicted octanol–water partition coefficient (Wildman–Crippen LogP) is 15.9. The molecule has 17 heterocycles. The number of carbonyl (C=O) groups is 9. The van der Waals surface area contributed by atoms with Crippen LogP contribution < -0.4 is 72.7 Å². The summed E-state index contributed by atoms with van der Waals surface area (Å²) in [5.41, 5.74) is 6.03. The lowest BCUT2D eigenvalue weighted by Crippen LogP contribution is -2.45. The normalized spacial score (nSPS) is 24.6. The number of aromatic nitrogens is 2. The molecule has 0 bridgehead atoms. The molecule has 33 nitrogen and oxygen atoms in total. The Morgan fingerprint density at radius 2 is 0.636 bits per heavy atom. The molecule has 17 aliphatic rings. The Morgan fingerprint density at radius 1 is 0.357 bits per heavy atom. The van der Waals surface area contributed by atoms with Crippen molar-refractivity contribution in [2.75, 3.05) is 212 Å². The topological polar surface area (TPSA) is 326 Å². The van der Waals surface area contributed by atoms with Gasteiger partial charge in [-0.05, 0) is 76.3 Å². The molecule has 43 heteroatoms. The maximum Gasteiger partial charge on any atom is 0.415 e. The smallest absolute Gasteiger partial charge is 0.415 e. The third-order valence-electron chi connectivity index (χ3n) is 28.9. The number of esters is 1. The molecule has 15 aliphatic heterocycles. The van der Waals surface area contributed by atoms with Gasteiger partial charge >= 0.3 is 36.4 Å². The van der Waals surface area contributed by atoms with Gasteiger partial charge in [0, 0.05) is 245 Å². The lowest BCUT2D eigenvalue weighted by molar-refractivity contribution is -0.141. The van der Waals surface area contributed by atoms with Gasteiger partial charge in [0.2, 0.25) is 0 Å². The van der Waals surface area contributed by atoms with Crippen LogP contribution in [0, 0.1) is 40.9 Å². The van der Waals surface area contributed by atoms with Crippen LogP contribution in [0.4, 0.5) is 103 Å². The number of carbonyl (C=O) groups excluding carboxylic acids is 9. The summed E-state index contributed by atoms with van der Waals surface area (Å²) in [4.78, 5) is 132. The van der Waals surface area contributed by atoms with Crippen LogP contribution in [0.1, 0.15) is 106 Å². The molecule has 0 N–H and O–H groups in total. The van der Waals surface area contributed by atoms with Crippen LogP contribution in [0.2, 0.25) is 0 Å². The SMILES string of the molecule is COC(=O)CC[C@@H]1OC(=O)N2c3cc(F)c(N4CCSCC4)cc3OC[C@@H]12.O=C(CC[C@@H]1OC(=O)N2c3cc(F)c(N4CCSCC4)cc3OC[C@@H]12)C1CC1.O=C(CC[C@@H]1OC(=O)N2c3cc(F)c(N4CCSCC4)cc3OC[C@@H]12)C1CCC1.O=C(CC[C@@H]1OC(=O)N2c3cc(F)c(N4CCSCC4)cc3OC[C@@H]12)c1ccncc1.O=C1O[C@@H](CCc2ccon2)[C@@H]2COc3cc(N4CCSCC4)c(F)cc3N12. The number of nitrogens with zero attached hydrogens (tertiary/aromatic N) is 12. The van der Waals surface area contributed by atoms with E-state index in [9.17, 15) is 65.1 Å². The summed E-state index contributed by atoms with van der Waals surface area (Å²) < 4.78 is 141. The number of amides is 5. The van der Waals surface area contributed by atoms with Gasteiger partial charge in [0.1, 0.15) is 169 Å². The summed E-state index contributed by atoms with van der Waals surface area (Å²) in [6.07, 6.45) is 9.23. The molecule has 5 amide bonds. The van der Waals surface area contributed by atoms with E-state index in [1.807, 2.05) is 83.3 Å². The number of halogens is 5. The van der Waals surface area contributed by atoms with Gasteiger partial charge in [-0.15, -0.1) is 0 Å². The Kier molecular flexibility index (Phi) is 30.7. The molecule has 7 aromatic rings. The van der Waals surface area contributed by atoms with E-state index in [2.05, 4.69) is 14.9 Å². The fourth-order valence-corrected chi connectivity index (χ4v) is 25.3. The molecule has 0 spiro atoms. The molecule has 10 atom stereocenters. The molecule has 5 aromatic carbocycles. The number of benzene rings is 5. The van der Waals surface area contributed by atoms with Gasteiger partial charge in [-0.2, -0.15) is 58.8 Å². The molecule has 2 aliphatic carbocycles. The monoisotopic (exact) mass is 2070 g/mol. The Hall–Kier alpha value is -11.3. The molecule has 12 fully saturated rings. The maximum atomic E-state index is 15.0. The van der Waals surface area contributed by atoms with E-state index < -0.39 is 54.9 Å². The van der Waals surface area contributed by atoms with Crippen LogP contribution in [-0.4, -0.2) is 288 Å². The number of methoxy groups -OCH3 is 1. The lowest BCUT2D eigenvalue weighted by Gasteiger charge is -2.34. The Labute approximate surface area is 843 Å². The zero-order valence-corrected chi connectivity index (χ0v) is 82.9. The summed E-state index contributed by atoms with van der Waals surface area (Å²) >= 11 is 9.31. The average molecular weight is 2070 g/mol. The Balaban J connectivity index is 0.000000109. The fraction of sp³-hybridized carbons (Fsp3) is 0.530. The van der Waals surface area contributed by atoms with Gasteiger partial charge in [0.15, 0.2) is 5.78 Å². The first kappa shape index (κ1) is 99.1. The van der Waals surface area contributed by atoms with E-state index in [4.69, 9.17) is 51.9 Å². The third-order valence-corrected chi connectivity index (χ3v) is 33.6. The van der Waals surface area contributed by atoms with Crippen molar-refractivity contribution >= 4 is 169 Å². The third kappa shape index (κ3) is 21.6. The number of cyclic esters (lactones) is 5. The summed E-state index contributed by atoms with van der Waals surface area (Å²) in [7, 11) is 1.32. The second-order valence-electron chi connectivity index (χ2n) is 37.5. The van der Waals surface area contributed by atoms with Crippen LogP contribution in [-0.2, 0) is 49.2 Å². The Bertz CT molecular complexity index is 5880. The largest absolute Gasteiger partial charge is 0.489 e. The second kappa shape index (κ2) is 44.3. The van der Waals surface area contributed by atoms with Gasteiger partial charge in [-0.1, -0.05) is 11.6 Å². The molecular weight excluding hydrogens is 1960 g/mol. The zero-order chi connectivity index (χ0) is 98.6. The zero-order valence-electron chi connectivity index (χ0n) is 78.8. The van der Waals surface area contributed by atoms with Gasteiger partial charge in [-0.3, -0.25) is 48.7 Å². The number of fused-ring (bicyclic) bond motifs is 15. The maximum absolute atomic E-state index is 15.0. The van der Waals surface area contributed by atoms with Crippen molar-refractivity contribution in [3.05, 3.63) is 138 Å². The van der Waals surface area contributed by atoms with Gasteiger partial charge in [0.25, 0.3) is 0 Å². The van der Waals surface area contributed by atoms with Crippen molar-refractivity contribution in [2.24, 2.45) is 11.8 Å². The highest BCUT2D eigenvalue weighted by Gasteiger charge is 2.54. The summed E-state index contributed by atoms with van der Waals surface area (Å²) in [6, 6.07) is 18.8. The Morgan fingerprint density at radius 3 is 0.902 bits per heavy atom. The number of Topliss-reactive ketones (excluding diaryl/α,β-unsaturated/α-hetero) is 3. The second-order valence-corrected chi connectivity index (χ2v) is 43.6. The fourth-order valence-electron chi connectivity index (χ4n) is 20.8. The van der Waals surface area contributed by atoms with Crippen LogP contribution in [0.5, 0.6) is 28.7 Å². The number of rotatable bonds is 23. The molecule has 0 unspecified atom stereocenters. The van der Waals surface area contributed by atoms with E-state index in [1.54, 1.807) is 60.9 Å². The van der Waals surface area contributed by atoms with E-state index >= 15 is 0 Å². The molecule has 762 valence electrons.